The van der Waals surface area contributed by atoms with E-state index in [-0.39, 0.29) is 0 Å². The van der Waals surface area contributed by atoms with Gasteiger partial charge >= 0.3 is 5.97 Å². The normalized spacial score (nSPS) is 22.9. The molecule has 0 amide bonds. The van der Waals surface area contributed by atoms with Gasteiger partial charge in [-0.05, 0) is 42.2 Å². The van der Waals surface area contributed by atoms with Gasteiger partial charge in [0.05, 0.1) is 13.2 Å². The maximum Gasteiger partial charge on any atom is 0.328 e. The summed E-state index contributed by atoms with van der Waals surface area (Å²) in [5.41, 5.74) is 4.95. The Morgan fingerprint density at radius 1 is 0.912 bits per heavy atom. The SMILES string of the molecule is C[C@@H]1CN(Cc2ccc(C=CC(=O)O)cc2)C[C@H](C)N1Cc1cccc(CN2CCOCC2)c1. The molecule has 0 aliphatic carbocycles. The standard InChI is InChI=1S/C28H37N3O3/c1-22-17-30(19-25-8-6-24(7-9-25)10-11-28(32)33)18-23(2)31(22)21-27-5-3-4-26(16-27)20-29-12-14-34-15-13-29/h3-11,16,22-23H,12-15,17-21H2,1-2H3,(H,32,33)/t22-,23+. The van der Waals surface area contributed by atoms with Crippen LogP contribution < -0.4 is 0 Å². The number of hydrogen-bond acceptors (Lipinski definition) is 5. The van der Waals surface area contributed by atoms with Gasteiger partial charge in [-0.3, -0.25) is 14.7 Å². The summed E-state index contributed by atoms with van der Waals surface area (Å²) >= 11 is 0. The van der Waals surface area contributed by atoms with Crippen molar-refractivity contribution in [2.75, 3.05) is 39.4 Å². The van der Waals surface area contributed by atoms with Gasteiger partial charge < -0.3 is 9.84 Å². The van der Waals surface area contributed by atoms with E-state index in [1.807, 2.05) is 12.1 Å². The smallest absolute Gasteiger partial charge is 0.328 e. The van der Waals surface area contributed by atoms with Gasteiger partial charge in [-0.1, -0.05) is 48.5 Å². The van der Waals surface area contributed by atoms with Crippen molar-refractivity contribution in [1.29, 1.82) is 0 Å². The van der Waals surface area contributed by atoms with Crippen LogP contribution >= 0.6 is 0 Å². The molecule has 0 bridgehead atoms. The molecule has 2 aliphatic rings. The van der Waals surface area contributed by atoms with Gasteiger partial charge in [0, 0.05) is 64.0 Å². The van der Waals surface area contributed by atoms with Crippen LogP contribution in [0.3, 0.4) is 0 Å². The van der Waals surface area contributed by atoms with Crippen molar-refractivity contribution in [3.8, 4) is 0 Å². The molecule has 182 valence electrons. The van der Waals surface area contributed by atoms with Crippen LogP contribution in [0, 0.1) is 0 Å². The van der Waals surface area contributed by atoms with E-state index in [4.69, 9.17) is 9.84 Å². The highest BCUT2D eigenvalue weighted by atomic mass is 16.5. The molecule has 2 atom stereocenters. The van der Waals surface area contributed by atoms with Crippen LogP contribution in [0.4, 0.5) is 0 Å². The molecule has 34 heavy (non-hydrogen) atoms. The first kappa shape index (κ1) is 24.6. The minimum atomic E-state index is -0.922. The summed E-state index contributed by atoms with van der Waals surface area (Å²) in [5, 5.41) is 8.79. The lowest BCUT2D eigenvalue weighted by Crippen LogP contribution is -2.55. The van der Waals surface area contributed by atoms with Gasteiger partial charge in [0.2, 0.25) is 0 Å². The van der Waals surface area contributed by atoms with Crippen molar-refractivity contribution in [2.45, 2.75) is 45.6 Å². The quantitative estimate of drug-likeness (QED) is 0.603. The average molecular weight is 464 g/mol. The lowest BCUT2D eigenvalue weighted by Gasteiger charge is -2.44. The highest BCUT2D eigenvalue weighted by molar-refractivity contribution is 5.85. The summed E-state index contributed by atoms with van der Waals surface area (Å²) in [5.74, 6) is -0.922. The van der Waals surface area contributed by atoms with E-state index in [2.05, 4.69) is 64.9 Å². The Labute approximate surface area is 203 Å². The van der Waals surface area contributed by atoms with Gasteiger partial charge in [-0.15, -0.1) is 0 Å². The molecule has 4 rings (SSSR count). The maximum absolute atomic E-state index is 10.7. The molecule has 0 unspecified atom stereocenters. The molecule has 0 spiro atoms. The second-order valence-corrected chi connectivity index (χ2v) is 9.69. The summed E-state index contributed by atoms with van der Waals surface area (Å²) in [7, 11) is 0. The minimum Gasteiger partial charge on any atom is -0.478 e. The Morgan fingerprint density at radius 3 is 2.18 bits per heavy atom. The number of aliphatic carboxylic acids is 1. The monoisotopic (exact) mass is 463 g/mol. The third-order valence-corrected chi connectivity index (χ3v) is 6.85. The van der Waals surface area contributed by atoms with E-state index in [1.54, 1.807) is 6.08 Å². The number of carboxylic acid groups (broad SMARTS) is 1. The second-order valence-electron chi connectivity index (χ2n) is 9.69. The lowest BCUT2D eigenvalue weighted by molar-refractivity contribution is -0.131. The predicted octanol–water partition coefficient (Wildman–Crippen LogP) is 3.71. The van der Waals surface area contributed by atoms with Gasteiger partial charge in [-0.25, -0.2) is 4.79 Å². The fraction of sp³-hybridized carbons (Fsp3) is 0.464. The number of morpholine rings is 1. The van der Waals surface area contributed by atoms with Crippen molar-refractivity contribution in [3.63, 3.8) is 0 Å². The first-order valence-corrected chi connectivity index (χ1v) is 12.3. The topological polar surface area (TPSA) is 56.3 Å². The molecule has 0 saturated carbocycles. The summed E-state index contributed by atoms with van der Waals surface area (Å²) in [6.45, 7) is 13.4. The van der Waals surface area contributed by atoms with Crippen LogP contribution in [0.15, 0.2) is 54.6 Å². The largest absolute Gasteiger partial charge is 0.478 e. The number of ether oxygens (including phenoxy) is 1. The van der Waals surface area contributed by atoms with E-state index in [0.29, 0.717) is 12.1 Å². The highest BCUT2D eigenvalue weighted by Gasteiger charge is 2.29. The van der Waals surface area contributed by atoms with Crippen LogP contribution in [0.25, 0.3) is 6.08 Å². The Balaban J connectivity index is 1.31. The summed E-state index contributed by atoms with van der Waals surface area (Å²) in [4.78, 5) is 18.3. The molecule has 6 nitrogen and oxygen atoms in total. The van der Waals surface area contributed by atoms with E-state index < -0.39 is 5.97 Å². The van der Waals surface area contributed by atoms with Crippen molar-refractivity contribution in [1.82, 2.24) is 14.7 Å². The van der Waals surface area contributed by atoms with Gasteiger partial charge in [-0.2, -0.15) is 0 Å². The number of rotatable bonds is 8. The maximum atomic E-state index is 10.7. The van der Waals surface area contributed by atoms with Crippen LogP contribution in [-0.2, 0) is 29.2 Å². The first-order valence-electron chi connectivity index (χ1n) is 12.3. The average Bonchev–Trinajstić information content (AvgIpc) is 2.82. The van der Waals surface area contributed by atoms with E-state index in [9.17, 15) is 4.79 Å². The van der Waals surface area contributed by atoms with Gasteiger partial charge in [0.25, 0.3) is 0 Å². The molecule has 2 aromatic carbocycles. The molecule has 2 saturated heterocycles. The Bertz CT molecular complexity index is 957. The Kier molecular flexibility index (Phi) is 8.51. The lowest BCUT2D eigenvalue weighted by atomic mass is 10.0. The van der Waals surface area contributed by atoms with Crippen LogP contribution in [0.2, 0.25) is 0 Å². The highest BCUT2D eigenvalue weighted by Crippen LogP contribution is 2.22. The number of benzene rings is 2. The fourth-order valence-electron chi connectivity index (χ4n) is 5.12. The number of carbonyl (C=O) groups is 1. The predicted molar refractivity (Wildman–Crippen MR) is 135 cm³/mol. The number of hydrogen-bond donors (Lipinski definition) is 1. The number of piperazine rings is 1. The van der Waals surface area contributed by atoms with Gasteiger partial charge in [0.1, 0.15) is 0 Å². The second kappa shape index (κ2) is 11.8. The van der Waals surface area contributed by atoms with E-state index in [0.717, 1.165) is 64.6 Å². The Hall–Kier alpha value is -2.51. The zero-order valence-corrected chi connectivity index (χ0v) is 20.4. The molecular formula is C28H37N3O3. The minimum absolute atomic E-state index is 0.476. The van der Waals surface area contributed by atoms with Crippen molar-refractivity contribution >= 4 is 12.0 Å². The van der Waals surface area contributed by atoms with Crippen molar-refractivity contribution < 1.29 is 14.6 Å². The third kappa shape index (κ3) is 7.00. The summed E-state index contributed by atoms with van der Waals surface area (Å²) in [6, 6.07) is 18.2. The zero-order valence-electron chi connectivity index (χ0n) is 20.4. The molecule has 1 N–H and O–H groups in total. The Morgan fingerprint density at radius 2 is 1.53 bits per heavy atom. The van der Waals surface area contributed by atoms with Crippen LogP contribution in [0.5, 0.6) is 0 Å². The van der Waals surface area contributed by atoms with E-state index in [1.165, 1.54) is 22.8 Å². The zero-order chi connectivity index (χ0) is 23.9. The molecule has 0 radical (unpaired) electrons. The molecular weight excluding hydrogens is 426 g/mol. The molecule has 2 aromatic rings. The molecule has 0 aromatic heterocycles. The molecule has 2 aliphatic heterocycles. The summed E-state index contributed by atoms with van der Waals surface area (Å²) < 4.78 is 5.48. The van der Waals surface area contributed by atoms with Crippen molar-refractivity contribution in [3.05, 3.63) is 76.9 Å². The fourth-order valence-corrected chi connectivity index (χ4v) is 5.12. The summed E-state index contributed by atoms with van der Waals surface area (Å²) in [6.07, 6.45) is 2.81. The third-order valence-electron chi connectivity index (χ3n) is 6.85. The van der Waals surface area contributed by atoms with Crippen molar-refractivity contribution in [2.24, 2.45) is 0 Å². The van der Waals surface area contributed by atoms with Crippen LogP contribution in [-0.4, -0.2) is 77.3 Å². The molecule has 6 heteroatoms. The van der Waals surface area contributed by atoms with Crippen LogP contribution in [0.1, 0.15) is 36.1 Å². The first-order chi connectivity index (χ1) is 16.5. The molecule has 2 heterocycles. The van der Waals surface area contributed by atoms with E-state index >= 15 is 0 Å². The molecule has 2 fully saturated rings. The number of nitrogens with zero attached hydrogens (tertiary/aromatic N) is 3. The van der Waals surface area contributed by atoms with Gasteiger partial charge in [0.15, 0.2) is 0 Å². The number of carboxylic acids is 1.